The normalized spacial score (nSPS) is 10.8. The fourth-order valence-electron chi connectivity index (χ4n) is 1.07. The average molecular weight is 228 g/mol. The molecule has 0 heterocycles. The minimum absolute atomic E-state index is 0.199. The minimum Gasteiger partial charge on any atom is -0.398 e. The Bertz CT molecular complexity index is 427. The van der Waals surface area contributed by atoms with Crippen LogP contribution in [0.3, 0.4) is 0 Å². The maximum atomic E-state index is 12.4. The topological polar surface area (TPSA) is 38.0 Å². The SMILES string of the molecule is CNCC#Cc1cc(C(F)(F)F)ccc1N. The van der Waals surface area contributed by atoms with Crippen LogP contribution in [-0.2, 0) is 6.18 Å². The highest BCUT2D eigenvalue weighted by molar-refractivity contribution is 5.57. The van der Waals surface area contributed by atoms with Crippen LogP contribution >= 0.6 is 0 Å². The monoisotopic (exact) mass is 228 g/mol. The van der Waals surface area contributed by atoms with Gasteiger partial charge in [-0.2, -0.15) is 13.2 Å². The van der Waals surface area contributed by atoms with E-state index in [0.717, 1.165) is 12.1 Å². The van der Waals surface area contributed by atoms with Gasteiger partial charge in [-0.05, 0) is 25.2 Å². The number of hydrogen-bond donors (Lipinski definition) is 2. The lowest BCUT2D eigenvalue weighted by Gasteiger charge is -2.07. The van der Waals surface area contributed by atoms with E-state index in [4.69, 9.17) is 5.73 Å². The van der Waals surface area contributed by atoms with Crippen LogP contribution in [0, 0.1) is 11.8 Å². The number of halogens is 3. The first-order valence-corrected chi connectivity index (χ1v) is 4.55. The van der Waals surface area contributed by atoms with Crippen molar-refractivity contribution in [2.24, 2.45) is 0 Å². The third kappa shape index (κ3) is 3.17. The molecule has 16 heavy (non-hydrogen) atoms. The molecule has 0 unspecified atom stereocenters. The lowest BCUT2D eigenvalue weighted by Crippen LogP contribution is -2.06. The molecule has 0 atom stereocenters. The number of nitrogens with one attached hydrogen (secondary N) is 1. The van der Waals surface area contributed by atoms with Crippen molar-refractivity contribution in [3.63, 3.8) is 0 Å². The minimum atomic E-state index is -4.37. The second-order valence-electron chi connectivity index (χ2n) is 3.13. The van der Waals surface area contributed by atoms with Crippen LogP contribution in [0.1, 0.15) is 11.1 Å². The highest BCUT2D eigenvalue weighted by atomic mass is 19.4. The van der Waals surface area contributed by atoms with E-state index in [1.165, 1.54) is 6.07 Å². The Morgan fingerprint density at radius 3 is 2.62 bits per heavy atom. The van der Waals surface area contributed by atoms with Gasteiger partial charge >= 0.3 is 6.18 Å². The van der Waals surface area contributed by atoms with Crippen LogP contribution in [0.25, 0.3) is 0 Å². The summed E-state index contributed by atoms with van der Waals surface area (Å²) in [5.41, 5.74) is 5.23. The Hall–Kier alpha value is -1.67. The molecule has 0 aliphatic heterocycles. The highest BCUT2D eigenvalue weighted by Gasteiger charge is 2.30. The molecule has 0 fully saturated rings. The van der Waals surface area contributed by atoms with Gasteiger partial charge in [0.1, 0.15) is 0 Å². The van der Waals surface area contributed by atoms with E-state index >= 15 is 0 Å². The number of nitrogen functional groups attached to an aromatic ring is 1. The molecule has 1 rings (SSSR count). The molecule has 3 N–H and O–H groups in total. The first-order chi connectivity index (χ1) is 7.45. The molecule has 0 aliphatic rings. The molecule has 0 saturated heterocycles. The first kappa shape index (κ1) is 12.4. The van der Waals surface area contributed by atoms with Crippen molar-refractivity contribution in [2.45, 2.75) is 6.18 Å². The predicted molar refractivity (Wildman–Crippen MR) is 56.7 cm³/mol. The molecule has 86 valence electrons. The van der Waals surface area contributed by atoms with Crippen molar-refractivity contribution in [3.05, 3.63) is 29.3 Å². The average Bonchev–Trinajstić information content (AvgIpc) is 2.19. The summed E-state index contributed by atoms with van der Waals surface area (Å²) in [6, 6.07) is 3.11. The highest BCUT2D eigenvalue weighted by Crippen LogP contribution is 2.30. The van der Waals surface area contributed by atoms with Gasteiger partial charge in [-0.3, -0.25) is 0 Å². The summed E-state index contributed by atoms with van der Waals surface area (Å²) in [6.07, 6.45) is -4.37. The third-order valence-corrected chi connectivity index (χ3v) is 1.87. The molecular weight excluding hydrogens is 217 g/mol. The van der Waals surface area contributed by atoms with Crippen LogP contribution in [0.2, 0.25) is 0 Å². The van der Waals surface area contributed by atoms with Gasteiger partial charge in [-0.1, -0.05) is 11.8 Å². The second-order valence-corrected chi connectivity index (χ2v) is 3.13. The third-order valence-electron chi connectivity index (χ3n) is 1.87. The van der Waals surface area contributed by atoms with E-state index in [1.54, 1.807) is 7.05 Å². The molecule has 1 aromatic rings. The van der Waals surface area contributed by atoms with Crippen molar-refractivity contribution in [3.8, 4) is 11.8 Å². The molecule has 0 radical (unpaired) electrons. The number of hydrogen-bond acceptors (Lipinski definition) is 2. The zero-order chi connectivity index (χ0) is 12.2. The molecule has 0 saturated carbocycles. The van der Waals surface area contributed by atoms with Gasteiger partial charge in [0.05, 0.1) is 12.1 Å². The summed E-state index contributed by atoms with van der Waals surface area (Å²) in [7, 11) is 1.70. The summed E-state index contributed by atoms with van der Waals surface area (Å²) < 4.78 is 37.2. The fourth-order valence-corrected chi connectivity index (χ4v) is 1.07. The number of benzene rings is 1. The Labute approximate surface area is 91.6 Å². The Morgan fingerprint density at radius 1 is 1.38 bits per heavy atom. The zero-order valence-electron chi connectivity index (χ0n) is 8.65. The molecule has 0 amide bonds. The van der Waals surface area contributed by atoms with Gasteiger partial charge in [-0.15, -0.1) is 0 Å². The number of nitrogens with two attached hydrogens (primary N) is 1. The summed E-state index contributed by atoms with van der Waals surface area (Å²) in [6.45, 7) is 0.398. The first-order valence-electron chi connectivity index (χ1n) is 4.55. The van der Waals surface area contributed by atoms with Crippen LogP contribution in [0.5, 0.6) is 0 Å². The van der Waals surface area contributed by atoms with Gasteiger partial charge in [0.25, 0.3) is 0 Å². The lowest BCUT2D eigenvalue weighted by molar-refractivity contribution is -0.137. The van der Waals surface area contributed by atoms with Crippen molar-refractivity contribution in [1.29, 1.82) is 0 Å². The number of anilines is 1. The van der Waals surface area contributed by atoms with E-state index in [9.17, 15) is 13.2 Å². The number of alkyl halides is 3. The predicted octanol–water partition coefficient (Wildman–Crippen LogP) is 1.86. The van der Waals surface area contributed by atoms with Crippen LogP contribution in [-0.4, -0.2) is 13.6 Å². The summed E-state index contributed by atoms with van der Waals surface area (Å²) >= 11 is 0. The summed E-state index contributed by atoms with van der Waals surface area (Å²) in [4.78, 5) is 0. The van der Waals surface area contributed by atoms with Gasteiger partial charge in [0, 0.05) is 11.3 Å². The Kier molecular flexibility index (Phi) is 3.80. The van der Waals surface area contributed by atoms with Gasteiger partial charge < -0.3 is 11.1 Å². The smallest absolute Gasteiger partial charge is 0.398 e. The lowest BCUT2D eigenvalue weighted by atomic mass is 10.1. The van der Waals surface area contributed by atoms with Crippen LogP contribution in [0.15, 0.2) is 18.2 Å². The molecule has 1 aromatic carbocycles. The van der Waals surface area contributed by atoms with E-state index in [-0.39, 0.29) is 11.3 Å². The molecule has 0 aliphatic carbocycles. The van der Waals surface area contributed by atoms with Crippen molar-refractivity contribution in [1.82, 2.24) is 5.32 Å². The number of rotatable bonds is 1. The molecular formula is C11H11F3N2. The maximum Gasteiger partial charge on any atom is 0.416 e. The van der Waals surface area contributed by atoms with E-state index in [0.29, 0.717) is 6.54 Å². The largest absolute Gasteiger partial charge is 0.416 e. The maximum absolute atomic E-state index is 12.4. The molecule has 0 spiro atoms. The van der Waals surface area contributed by atoms with Crippen LogP contribution < -0.4 is 11.1 Å². The van der Waals surface area contributed by atoms with E-state index in [2.05, 4.69) is 17.2 Å². The van der Waals surface area contributed by atoms with E-state index < -0.39 is 11.7 Å². The zero-order valence-corrected chi connectivity index (χ0v) is 8.65. The molecule has 2 nitrogen and oxygen atoms in total. The molecule has 0 aromatic heterocycles. The van der Waals surface area contributed by atoms with Gasteiger partial charge in [0.15, 0.2) is 0 Å². The molecule has 5 heteroatoms. The standard InChI is InChI=1S/C11H11F3N2/c1-16-6-2-3-8-7-9(11(12,13)14)4-5-10(8)15/h4-5,7,16H,6,15H2,1H3. The van der Waals surface area contributed by atoms with Gasteiger partial charge in [-0.25, -0.2) is 0 Å². The summed E-state index contributed by atoms with van der Waals surface area (Å²) in [5, 5.41) is 2.77. The van der Waals surface area contributed by atoms with Crippen molar-refractivity contribution in [2.75, 3.05) is 19.3 Å². The van der Waals surface area contributed by atoms with Crippen LogP contribution in [0.4, 0.5) is 18.9 Å². The van der Waals surface area contributed by atoms with Crippen molar-refractivity contribution >= 4 is 5.69 Å². The Morgan fingerprint density at radius 2 is 2.06 bits per heavy atom. The second kappa shape index (κ2) is 4.90. The summed E-state index contributed by atoms with van der Waals surface area (Å²) in [5.74, 6) is 5.25. The van der Waals surface area contributed by atoms with Crippen molar-refractivity contribution < 1.29 is 13.2 Å². The van der Waals surface area contributed by atoms with E-state index in [1.807, 2.05) is 0 Å². The van der Waals surface area contributed by atoms with Gasteiger partial charge in [0.2, 0.25) is 0 Å². The fraction of sp³-hybridized carbons (Fsp3) is 0.273. The molecule has 0 bridgehead atoms. The Balaban J connectivity index is 3.06. The quantitative estimate of drug-likeness (QED) is 0.568.